The molecule has 1 aliphatic rings. The van der Waals surface area contributed by atoms with Crippen LogP contribution in [0.25, 0.3) is 22.1 Å². The fourth-order valence-corrected chi connectivity index (χ4v) is 3.52. The number of aliphatic hydroxyl groups excluding tert-OH is 1. The monoisotopic (exact) mass is 278 g/mol. The zero-order valence-corrected chi connectivity index (χ0v) is 11.3. The van der Waals surface area contributed by atoms with Crippen LogP contribution in [0.4, 0.5) is 0 Å². The molecular formula is C17H10O2S. The molecule has 0 saturated heterocycles. The van der Waals surface area contributed by atoms with E-state index in [0.717, 1.165) is 21.2 Å². The first-order valence-electron chi connectivity index (χ1n) is 6.31. The summed E-state index contributed by atoms with van der Waals surface area (Å²) in [5.74, 6) is -0.0176. The summed E-state index contributed by atoms with van der Waals surface area (Å²) in [6.45, 7) is 0. The maximum absolute atomic E-state index is 12.7. The van der Waals surface area contributed by atoms with Gasteiger partial charge in [0, 0.05) is 21.4 Å². The van der Waals surface area contributed by atoms with E-state index in [0.29, 0.717) is 11.1 Å². The van der Waals surface area contributed by atoms with Crippen LogP contribution in [0.5, 0.6) is 0 Å². The Balaban J connectivity index is 2.14. The Labute approximate surface area is 119 Å². The first-order valence-corrected chi connectivity index (χ1v) is 7.19. The van der Waals surface area contributed by atoms with Gasteiger partial charge in [-0.2, -0.15) is 0 Å². The molecule has 20 heavy (non-hydrogen) atoms. The average Bonchev–Trinajstić information content (AvgIpc) is 2.99. The van der Waals surface area contributed by atoms with Crippen molar-refractivity contribution < 1.29 is 9.90 Å². The van der Waals surface area contributed by atoms with Gasteiger partial charge in [-0.05, 0) is 16.8 Å². The smallest absolute Gasteiger partial charge is 0.198 e. The van der Waals surface area contributed by atoms with Gasteiger partial charge in [0.05, 0.1) is 5.57 Å². The number of aliphatic hydroxyl groups is 1. The van der Waals surface area contributed by atoms with E-state index in [2.05, 4.69) is 0 Å². The zero-order valence-electron chi connectivity index (χ0n) is 10.5. The molecule has 0 amide bonds. The highest BCUT2D eigenvalue weighted by Gasteiger charge is 2.28. The molecule has 0 radical (unpaired) electrons. The van der Waals surface area contributed by atoms with Crippen molar-refractivity contribution in [1.29, 1.82) is 0 Å². The molecule has 96 valence electrons. The molecule has 1 N–H and O–H groups in total. The van der Waals surface area contributed by atoms with E-state index in [1.165, 1.54) is 11.3 Å². The largest absolute Gasteiger partial charge is 0.506 e. The van der Waals surface area contributed by atoms with Crippen LogP contribution in [-0.4, -0.2) is 10.9 Å². The summed E-state index contributed by atoms with van der Waals surface area (Å²) in [5.41, 5.74) is 1.81. The topological polar surface area (TPSA) is 37.3 Å². The molecule has 0 saturated carbocycles. The van der Waals surface area contributed by atoms with Gasteiger partial charge in [-0.15, -0.1) is 11.3 Å². The van der Waals surface area contributed by atoms with E-state index >= 15 is 0 Å². The molecule has 3 aromatic rings. The Hall–Kier alpha value is -2.39. The van der Waals surface area contributed by atoms with E-state index in [9.17, 15) is 9.90 Å². The van der Waals surface area contributed by atoms with Crippen LogP contribution in [-0.2, 0) is 0 Å². The highest BCUT2D eigenvalue weighted by Crippen LogP contribution is 2.39. The maximum Gasteiger partial charge on any atom is 0.198 e. The summed E-state index contributed by atoms with van der Waals surface area (Å²) in [6.07, 6.45) is 0. The molecule has 1 aromatic heterocycles. The second-order valence-electron chi connectivity index (χ2n) is 4.74. The first kappa shape index (κ1) is 11.4. The van der Waals surface area contributed by atoms with Crippen molar-refractivity contribution in [2.24, 2.45) is 0 Å². The van der Waals surface area contributed by atoms with Gasteiger partial charge in [0.1, 0.15) is 5.76 Å². The summed E-state index contributed by atoms with van der Waals surface area (Å²) in [4.78, 5) is 13.5. The SMILES string of the molecule is O=C1C(c2cccs2)=C(O)c2cccc3cccc1c23. The molecule has 0 atom stereocenters. The molecular weight excluding hydrogens is 268 g/mol. The van der Waals surface area contributed by atoms with Crippen LogP contribution in [0.1, 0.15) is 20.8 Å². The van der Waals surface area contributed by atoms with Crippen LogP contribution in [0, 0.1) is 0 Å². The normalized spacial score (nSPS) is 14.1. The molecule has 2 nitrogen and oxygen atoms in total. The lowest BCUT2D eigenvalue weighted by molar-refractivity contribution is 0.105. The third-order valence-electron chi connectivity index (χ3n) is 3.64. The van der Waals surface area contributed by atoms with Gasteiger partial charge in [0.15, 0.2) is 5.78 Å². The van der Waals surface area contributed by atoms with Crippen LogP contribution in [0.3, 0.4) is 0 Å². The van der Waals surface area contributed by atoms with Gasteiger partial charge in [0.25, 0.3) is 0 Å². The summed E-state index contributed by atoms with van der Waals surface area (Å²) >= 11 is 1.46. The second-order valence-corrected chi connectivity index (χ2v) is 5.69. The van der Waals surface area contributed by atoms with Crippen molar-refractivity contribution in [3.63, 3.8) is 0 Å². The first-order chi connectivity index (χ1) is 9.77. The number of hydrogen-bond acceptors (Lipinski definition) is 3. The van der Waals surface area contributed by atoms with Crippen molar-refractivity contribution in [2.75, 3.05) is 0 Å². The van der Waals surface area contributed by atoms with Crippen molar-refractivity contribution in [3.05, 3.63) is 69.9 Å². The Bertz CT molecular complexity index is 868. The molecule has 1 heterocycles. The summed E-state index contributed by atoms with van der Waals surface area (Å²) in [5, 5.41) is 14.3. The number of carbonyl (C=O) groups is 1. The number of allylic oxidation sites excluding steroid dienone is 1. The summed E-state index contributed by atoms with van der Waals surface area (Å²) in [7, 11) is 0. The Morgan fingerprint density at radius 3 is 2.35 bits per heavy atom. The molecule has 4 rings (SSSR count). The minimum Gasteiger partial charge on any atom is -0.506 e. The predicted molar refractivity (Wildman–Crippen MR) is 82.0 cm³/mol. The van der Waals surface area contributed by atoms with Gasteiger partial charge >= 0.3 is 0 Å². The molecule has 0 aliphatic heterocycles. The molecule has 1 aliphatic carbocycles. The highest BCUT2D eigenvalue weighted by molar-refractivity contribution is 7.11. The van der Waals surface area contributed by atoms with Gasteiger partial charge in [-0.1, -0.05) is 42.5 Å². The van der Waals surface area contributed by atoms with Crippen molar-refractivity contribution >= 4 is 39.2 Å². The van der Waals surface area contributed by atoms with Crippen LogP contribution >= 0.6 is 11.3 Å². The van der Waals surface area contributed by atoms with E-state index in [4.69, 9.17) is 0 Å². The standard InChI is InChI=1S/C17H10O2S/c18-16-11-6-1-4-10-5-2-7-12(14(10)11)17(19)15(16)13-8-3-9-20-13/h1-9,18H. The Morgan fingerprint density at radius 2 is 1.65 bits per heavy atom. The molecule has 2 aromatic carbocycles. The minimum absolute atomic E-state index is 0.0850. The van der Waals surface area contributed by atoms with Crippen LogP contribution in [0.15, 0.2) is 53.9 Å². The number of rotatable bonds is 1. The fraction of sp³-hybridized carbons (Fsp3) is 0. The molecule has 3 heteroatoms. The number of ketones is 1. The second kappa shape index (κ2) is 4.05. The number of Topliss-reactive ketones (excluding diaryl/α,β-unsaturated/α-hetero) is 1. The Kier molecular flexibility index (Phi) is 2.32. The molecule has 0 unspecified atom stereocenters. The fourth-order valence-electron chi connectivity index (χ4n) is 2.75. The van der Waals surface area contributed by atoms with E-state index < -0.39 is 0 Å². The predicted octanol–water partition coefficient (Wildman–Crippen LogP) is 4.52. The molecule has 0 spiro atoms. The van der Waals surface area contributed by atoms with Gasteiger partial charge < -0.3 is 5.11 Å². The zero-order chi connectivity index (χ0) is 13.7. The summed E-state index contributed by atoms with van der Waals surface area (Å²) in [6, 6.07) is 15.1. The average molecular weight is 278 g/mol. The number of thiophene rings is 1. The third-order valence-corrected chi connectivity index (χ3v) is 4.52. The van der Waals surface area contributed by atoms with E-state index in [1.54, 1.807) is 0 Å². The third kappa shape index (κ3) is 1.41. The van der Waals surface area contributed by atoms with Crippen LogP contribution < -0.4 is 0 Å². The lowest BCUT2D eigenvalue weighted by Crippen LogP contribution is -2.11. The lowest BCUT2D eigenvalue weighted by atomic mass is 9.86. The maximum atomic E-state index is 12.7. The van der Waals surface area contributed by atoms with Crippen molar-refractivity contribution in [3.8, 4) is 0 Å². The molecule has 0 fully saturated rings. The van der Waals surface area contributed by atoms with Gasteiger partial charge in [0.2, 0.25) is 0 Å². The quantitative estimate of drug-likeness (QED) is 0.710. The number of hydrogen-bond donors (Lipinski definition) is 1. The lowest BCUT2D eigenvalue weighted by Gasteiger charge is -2.19. The minimum atomic E-state index is -0.103. The summed E-state index contributed by atoms with van der Waals surface area (Å²) < 4.78 is 0. The van der Waals surface area contributed by atoms with E-state index in [-0.39, 0.29) is 11.5 Å². The molecule has 0 bridgehead atoms. The highest BCUT2D eigenvalue weighted by atomic mass is 32.1. The van der Waals surface area contributed by atoms with Gasteiger partial charge in [-0.3, -0.25) is 4.79 Å². The number of benzene rings is 2. The van der Waals surface area contributed by atoms with Crippen LogP contribution in [0.2, 0.25) is 0 Å². The van der Waals surface area contributed by atoms with E-state index in [1.807, 2.05) is 53.9 Å². The number of carbonyl (C=O) groups excluding carboxylic acids is 1. The Morgan fingerprint density at radius 1 is 0.900 bits per heavy atom. The van der Waals surface area contributed by atoms with Crippen molar-refractivity contribution in [2.45, 2.75) is 0 Å². The van der Waals surface area contributed by atoms with Gasteiger partial charge in [-0.25, -0.2) is 0 Å². The van der Waals surface area contributed by atoms with Crippen molar-refractivity contribution in [1.82, 2.24) is 0 Å².